The van der Waals surface area contributed by atoms with Crippen LogP contribution in [0.1, 0.15) is 37.7 Å². The highest BCUT2D eigenvalue weighted by Crippen LogP contribution is 2.48. The normalized spacial score (nSPS) is 19.8. The Balaban J connectivity index is 1.38. The van der Waals surface area contributed by atoms with Crippen molar-refractivity contribution in [1.29, 1.82) is 5.26 Å². The number of carbonyl (C=O) groups is 1. The summed E-state index contributed by atoms with van der Waals surface area (Å²) in [4.78, 5) is 29.3. The van der Waals surface area contributed by atoms with Crippen molar-refractivity contribution in [1.82, 2.24) is 14.9 Å². The van der Waals surface area contributed by atoms with Gasteiger partial charge < -0.3 is 14.5 Å². The molecule has 0 radical (unpaired) electrons. The number of likely N-dealkylation sites (tertiary alicyclic amines) is 1. The Hall–Kier alpha value is -3.81. The zero-order valence-corrected chi connectivity index (χ0v) is 20.9. The lowest BCUT2D eigenvalue weighted by molar-refractivity contribution is -0.137. The van der Waals surface area contributed by atoms with E-state index in [2.05, 4.69) is 25.8 Å². The van der Waals surface area contributed by atoms with Gasteiger partial charge in [-0.25, -0.2) is 4.98 Å². The summed E-state index contributed by atoms with van der Waals surface area (Å²) in [6.45, 7) is 8.93. The number of hydrogen-bond acceptors (Lipinski definition) is 7. The molecule has 1 saturated carbocycles. The van der Waals surface area contributed by atoms with Crippen molar-refractivity contribution in [3.05, 3.63) is 47.6 Å². The highest BCUT2D eigenvalue weighted by atomic mass is 32.1. The second-order valence-electron chi connectivity index (χ2n) is 9.42. The van der Waals surface area contributed by atoms with E-state index < -0.39 is 29.0 Å². The molecule has 4 heterocycles. The van der Waals surface area contributed by atoms with E-state index >= 15 is 0 Å². The number of alkyl halides is 3. The van der Waals surface area contributed by atoms with Crippen molar-refractivity contribution in [2.45, 2.75) is 49.9 Å². The van der Waals surface area contributed by atoms with E-state index in [-0.39, 0.29) is 16.9 Å². The fraction of sp³-hybridized carbons (Fsp3) is 0.440. The molecule has 2 aromatic rings. The summed E-state index contributed by atoms with van der Waals surface area (Å²) in [5.74, 6) is -0.801. The van der Waals surface area contributed by atoms with Gasteiger partial charge in [0.05, 0.1) is 35.7 Å². The maximum absolute atomic E-state index is 13.6. The predicted octanol–water partition coefficient (Wildman–Crippen LogP) is 4.47. The Kier molecular flexibility index (Phi) is 6.67. The van der Waals surface area contributed by atoms with Gasteiger partial charge in [-0.05, 0) is 56.5 Å². The minimum atomic E-state index is -4.81. The van der Waals surface area contributed by atoms with Crippen LogP contribution in [-0.4, -0.2) is 57.2 Å². The Bertz CT molecular complexity index is 1340. The van der Waals surface area contributed by atoms with Gasteiger partial charge in [0.1, 0.15) is 17.8 Å². The summed E-state index contributed by atoms with van der Waals surface area (Å²) in [5, 5.41) is 8.88. The molecule has 0 atom stereocenters. The average molecular weight is 542 g/mol. The highest BCUT2D eigenvalue weighted by Gasteiger charge is 2.60. The second kappa shape index (κ2) is 9.82. The molecule has 1 aliphatic carbocycles. The van der Waals surface area contributed by atoms with Gasteiger partial charge in [-0.15, -0.1) is 4.98 Å². The molecule has 5 rings (SSSR count). The molecule has 1 spiro atoms. The third-order valence-corrected chi connectivity index (χ3v) is 7.57. The van der Waals surface area contributed by atoms with Crippen LogP contribution < -0.4 is 14.5 Å². The number of amides is 1. The Morgan fingerprint density at radius 1 is 1.21 bits per heavy atom. The van der Waals surface area contributed by atoms with E-state index in [1.165, 1.54) is 0 Å². The van der Waals surface area contributed by atoms with Crippen LogP contribution >= 0.6 is 12.2 Å². The predicted molar refractivity (Wildman–Crippen MR) is 135 cm³/mol. The first-order valence-corrected chi connectivity index (χ1v) is 12.4. The van der Waals surface area contributed by atoms with Crippen LogP contribution in [0.2, 0.25) is 0 Å². The first-order valence-electron chi connectivity index (χ1n) is 12.0. The van der Waals surface area contributed by atoms with Crippen LogP contribution in [-0.2, 0) is 11.0 Å². The first-order chi connectivity index (χ1) is 18.2. The molecule has 0 bridgehead atoms. The third kappa shape index (κ3) is 4.42. The Labute approximate surface area is 222 Å². The van der Waals surface area contributed by atoms with Gasteiger partial charge in [0.25, 0.3) is 11.7 Å². The van der Waals surface area contributed by atoms with Crippen molar-refractivity contribution in [3.8, 4) is 11.9 Å². The first kappa shape index (κ1) is 25.8. The number of piperidine rings is 1. The molecule has 1 amide bonds. The quantitative estimate of drug-likeness (QED) is 0.311. The van der Waals surface area contributed by atoms with E-state index in [1.54, 1.807) is 23.2 Å². The fourth-order valence-electron chi connectivity index (χ4n) is 5.11. The molecule has 3 fully saturated rings. The van der Waals surface area contributed by atoms with Crippen molar-refractivity contribution in [3.63, 3.8) is 0 Å². The number of anilines is 2. The number of aromatic nitrogens is 2. The van der Waals surface area contributed by atoms with Crippen molar-refractivity contribution >= 4 is 40.4 Å². The van der Waals surface area contributed by atoms with Crippen LogP contribution in [0.3, 0.4) is 0 Å². The van der Waals surface area contributed by atoms with E-state index in [0.29, 0.717) is 31.0 Å². The molecule has 9 nitrogen and oxygen atoms in total. The molecule has 196 valence electrons. The smallest absolute Gasteiger partial charge is 0.409 e. The lowest BCUT2D eigenvalue weighted by Crippen LogP contribution is -2.55. The molecule has 0 aromatic carbocycles. The van der Waals surface area contributed by atoms with Crippen LogP contribution in [0.25, 0.3) is 4.85 Å². The van der Waals surface area contributed by atoms with Crippen molar-refractivity contribution in [2.75, 3.05) is 29.4 Å². The van der Waals surface area contributed by atoms with Gasteiger partial charge in [0, 0.05) is 19.2 Å². The number of halogens is 3. The van der Waals surface area contributed by atoms with E-state index in [1.807, 2.05) is 0 Å². The standard InChI is InChI=1S/C25H22F3N7O2S/c1-30-21-19(25(26,27)28)13-17(15-32-21)34-22(36)24(7-2-8-24)35(23(34)38)16-3-4-20(31-14-16)37-18-5-10-33(11-6-18)12-9-29/h3-4,13-15,18H,2,5-8,10-12H2. The molecular weight excluding hydrogens is 519 g/mol. The Morgan fingerprint density at radius 2 is 1.92 bits per heavy atom. The van der Waals surface area contributed by atoms with Gasteiger partial charge >= 0.3 is 6.18 Å². The second-order valence-corrected chi connectivity index (χ2v) is 9.79. The summed E-state index contributed by atoms with van der Waals surface area (Å²) in [5.41, 5.74) is -1.83. The molecule has 0 unspecified atom stereocenters. The lowest BCUT2D eigenvalue weighted by atomic mass is 9.75. The third-order valence-electron chi connectivity index (χ3n) is 7.21. The number of nitrogens with zero attached hydrogens (tertiary/aromatic N) is 7. The summed E-state index contributed by atoms with van der Waals surface area (Å²) >= 11 is 5.62. The number of rotatable bonds is 5. The summed E-state index contributed by atoms with van der Waals surface area (Å²) in [6, 6.07) is 6.32. The summed E-state index contributed by atoms with van der Waals surface area (Å²) in [7, 11) is 0. The topological polar surface area (TPSA) is 90.0 Å². The van der Waals surface area contributed by atoms with Crippen LogP contribution in [0, 0.1) is 17.9 Å². The molecule has 3 aliphatic rings. The molecule has 2 aliphatic heterocycles. The minimum Gasteiger partial charge on any atom is -0.474 e. The van der Waals surface area contributed by atoms with Gasteiger partial charge in [-0.3, -0.25) is 14.6 Å². The minimum absolute atomic E-state index is 0.0278. The number of pyridine rings is 2. The molecule has 2 aromatic heterocycles. The van der Waals surface area contributed by atoms with Crippen LogP contribution in [0.4, 0.5) is 30.4 Å². The molecule has 0 N–H and O–H groups in total. The number of carbonyl (C=O) groups excluding carboxylic acids is 1. The lowest BCUT2D eigenvalue weighted by Gasteiger charge is -2.42. The van der Waals surface area contributed by atoms with Crippen molar-refractivity contribution in [2.24, 2.45) is 0 Å². The van der Waals surface area contributed by atoms with Gasteiger partial charge in [0.15, 0.2) is 5.11 Å². The van der Waals surface area contributed by atoms with Gasteiger partial charge in [-0.1, -0.05) is 6.57 Å². The molecule has 38 heavy (non-hydrogen) atoms. The average Bonchev–Trinajstić information content (AvgIpc) is 3.11. The van der Waals surface area contributed by atoms with E-state index in [0.717, 1.165) is 49.5 Å². The SMILES string of the molecule is [C-]#[N+]c1ncc(N2C(=O)C3(CCC3)N(c3ccc(OC4CCN(CC#N)CC4)nc3)C2=S)cc1C(F)(F)F. The highest BCUT2D eigenvalue weighted by molar-refractivity contribution is 7.81. The number of thiocarbonyl (C=S) groups is 1. The van der Waals surface area contributed by atoms with Crippen molar-refractivity contribution < 1.29 is 22.7 Å². The molecular formula is C25H22F3N7O2S. The number of ether oxygens (including phenoxy) is 1. The van der Waals surface area contributed by atoms with Gasteiger partial charge in [-0.2, -0.15) is 18.4 Å². The summed E-state index contributed by atoms with van der Waals surface area (Å²) < 4.78 is 46.7. The molecule has 2 saturated heterocycles. The maximum Gasteiger partial charge on any atom is 0.409 e. The van der Waals surface area contributed by atoms with Gasteiger partial charge in [0.2, 0.25) is 5.88 Å². The molecule has 13 heteroatoms. The fourth-order valence-corrected chi connectivity index (χ4v) is 5.57. The Morgan fingerprint density at radius 3 is 2.47 bits per heavy atom. The number of hydrogen-bond donors (Lipinski definition) is 0. The monoisotopic (exact) mass is 541 g/mol. The maximum atomic E-state index is 13.6. The zero-order chi connectivity index (χ0) is 27.1. The zero-order valence-electron chi connectivity index (χ0n) is 20.1. The number of nitriles is 1. The van der Waals surface area contributed by atoms with E-state index in [9.17, 15) is 18.0 Å². The summed E-state index contributed by atoms with van der Waals surface area (Å²) in [6.07, 6.45) is 1.06. The van der Waals surface area contributed by atoms with Crippen LogP contribution in [0.5, 0.6) is 5.88 Å². The van der Waals surface area contributed by atoms with Crippen LogP contribution in [0.15, 0.2) is 30.6 Å². The van der Waals surface area contributed by atoms with E-state index in [4.69, 9.17) is 28.8 Å². The largest absolute Gasteiger partial charge is 0.474 e.